The maximum Gasteiger partial charge on any atom is 0.131 e. The predicted molar refractivity (Wildman–Crippen MR) is 59.1 cm³/mol. The van der Waals surface area contributed by atoms with Crippen LogP contribution in [0.25, 0.3) is 11.1 Å². The molecule has 0 aliphatic rings. The lowest BCUT2D eigenvalue weighted by Crippen LogP contribution is -1.87. The highest BCUT2D eigenvalue weighted by Gasteiger charge is 2.04. The van der Waals surface area contributed by atoms with E-state index in [2.05, 4.69) is 4.98 Å². The lowest BCUT2D eigenvalue weighted by Gasteiger charge is -2.04. The summed E-state index contributed by atoms with van der Waals surface area (Å²) in [5, 5.41) is 0. The van der Waals surface area contributed by atoms with Crippen molar-refractivity contribution in [2.75, 3.05) is 0 Å². The largest absolute Gasteiger partial charge is 0.262 e. The van der Waals surface area contributed by atoms with Gasteiger partial charge in [0, 0.05) is 17.5 Å². The smallest absolute Gasteiger partial charge is 0.131 e. The molecule has 0 spiro atoms. The maximum atomic E-state index is 13.6. The molecule has 0 unspecified atom stereocenters. The van der Waals surface area contributed by atoms with Gasteiger partial charge in [-0.15, -0.1) is 0 Å². The summed E-state index contributed by atoms with van der Waals surface area (Å²) >= 11 is 0. The maximum absolute atomic E-state index is 13.6. The fraction of sp³-hybridized carbons (Fsp3) is 0.154. The minimum absolute atomic E-state index is 0.180. The third-order valence-electron chi connectivity index (χ3n) is 2.33. The van der Waals surface area contributed by atoms with Gasteiger partial charge in [-0.2, -0.15) is 0 Å². The fourth-order valence-corrected chi connectivity index (χ4v) is 1.57. The van der Waals surface area contributed by atoms with Gasteiger partial charge in [-0.05, 0) is 43.2 Å². The standard InChI is InChI=1S/C13H12FN/c1-9-3-4-12(13(14)7-9)11-5-6-15-10(2)8-11/h3-8H,1-2H3. The van der Waals surface area contributed by atoms with Gasteiger partial charge in [-0.3, -0.25) is 4.98 Å². The second kappa shape index (κ2) is 3.81. The average molecular weight is 201 g/mol. The average Bonchev–Trinajstić information content (AvgIpc) is 2.17. The molecule has 0 bridgehead atoms. The van der Waals surface area contributed by atoms with Crippen LogP contribution in [0.5, 0.6) is 0 Å². The molecule has 0 aliphatic heterocycles. The van der Waals surface area contributed by atoms with Gasteiger partial charge in [-0.1, -0.05) is 12.1 Å². The highest BCUT2D eigenvalue weighted by molar-refractivity contribution is 5.64. The van der Waals surface area contributed by atoms with Crippen molar-refractivity contribution in [1.29, 1.82) is 0 Å². The van der Waals surface area contributed by atoms with E-state index in [-0.39, 0.29) is 5.82 Å². The summed E-state index contributed by atoms with van der Waals surface area (Å²) in [5.74, 6) is -0.180. The van der Waals surface area contributed by atoms with Crippen LogP contribution in [0.1, 0.15) is 11.3 Å². The normalized spacial score (nSPS) is 10.3. The van der Waals surface area contributed by atoms with Crippen LogP contribution in [0, 0.1) is 19.7 Å². The lowest BCUT2D eigenvalue weighted by atomic mass is 10.0. The van der Waals surface area contributed by atoms with Crippen LogP contribution in [0.4, 0.5) is 4.39 Å². The van der Waals surface area contributed by atoms with Crippen LogP contribution in [-0.4, -0.2) is 4.98 Å². The summed E-state index contributed by atoms with van der Waals surface area (Å²) < 4.78 is 13.6. The first-order valence-electron chi connectivity index (χ1n) is 4.86. The van der Waals surface area contributed by atoms with Crippen LogP contribution in [0.3, 0.4) is 0 Å². The van der Waals surface area contributed by atoms with E-state index in [4.69, 9.17) is 0 Å². The van der Waals surface area contributed by atoms with Crippen LogP contribution >= 0.6 is 0 Å². The fourth-order valence-electron chi connectivity index (χ4n) is 1.57. The Morgan fingerprint density at radius 3 is 2.53 bits per heavy atom. The van der Waals surface area contributed by atoms with Crippen molar-refractivity contribution in [2.45, 2.75) is 13.8 Å². The Morgan fingerprint density at radius 1 is 1.07 bits per heavy atom. The van der Waals surface area contributed by atoms with E-state index in [1.54, 1.807) is 18.3 Å². The minimum Gasteiger partial charge on any atom is -0.262 e. The number of halogens is 1. The van der Waals surface area contributed by atoms with E-state index in [1.165, 1.54) is 0 Å². The molecular formula is C13H12FN. The van der Waals surface area contributed by atoms with Gasteiger partial charge < -0.3 is 0 Å². The number of aromatic nitrogens is 1. The van der Waals surface area contributed by atoms with Crippen molar-refractivity contribution in [3.8, 4) is 11.1 Å². The molecule has 2 aromatic rings. The molecule has 0 amide bonds. The molecule has 2 heteroatoms. The molecule has 1 heterocycles. The Hall–Kier alpha value is -1.70. The molecule has 0 radical (unpaired) electrons. The van der Waals surface area contributed by atoms with Crippen LogP contribution in [0.2, 0.25) is 0 Å². The Labute approximate surface area is 88.6 Å². The van der Waals surface area contributed by atoms with E-state index in [0.29, 0.717) is 5.56 Å². The summed E-state index contributed by atoms with van der Waals surface area (Å²) in [6.45, 7) is 3.78. The Morgan fingerprint density at radius 2 is 1.87 bits per heavy atom. The van der Waals surface area contributed by atoms with Crippen molar-refractivity contribution >= 4 is 0 Å². The number of aryl methyl sites for hydroxylation is 2. The minimum atomic E-state index is -0.180. The summed E-state index contributed by atoms with van der Waals surface area (Å²) in [5.41, 5.74) is 3.33. The van der Waals surface area contributed by atoms with E-state index in [0.717, 1.165) is 16.8 Å². The zero-order valence-electron chi connectivity index (χ0n) is 8.79. The molecule has 0 fully saturated rings. The zero-order valence-corrected chi connectivity index (χ0v) is 8.79. The van der Waals surface area contributed by atoms with Gasteiger partial charge in [0.2, 0.25) is 0 Å². The Kier molecular flexibility index (Phi) is 2.50. The number of pyridine rings is 1. The first-order chi connectivity index (χ1) is 7.16. The highest BCUT2D eigenvalue weighted by atomic mass is 19.1. The molecule has 0 atom stereocenters. The van der Waals surface area contributed by atoms with Gasteiger partial charge in [0.05, 0.1) is 0 Å². The number of rotatable bonds is 1. The summed E-state index contributed by atoms with van der Waals surface area (Å²) in [4.78, 5) is 4.09. The van der Waals surface area contributed by atoms with Crippen molar-refractivity contribution in [2.24, 2.45) is 0 Å². The first kappa shape index (κ1) is 9.84. The molecule has 1 nitrogen and oxygen atoms in total. The monoisotopic (exact) mass is 201 g/mol. The number of hydrogen-bond donors (Lipinski definition) is 0. The number of hydrogen-bond acceptors (Lipinski definition) is 1. The predicted octanol–water partition coefficient (Wildman–Crippen LogP) is 3.50. The molecule has 2 rings (SSSR count). The third kappa shape index (κ3) is 2.04. The van der Waals surface area contributed by atoms with Crippen molar-refractivity contribution < 1.29 is 4.39 Å². The van der Waals surface area contributed by atoms with Gasteiger partial charge in [0.15, 0.2) is 0 Å². The third-order valence-corrected chi connectivity index (χ3v) is 2.33. The highest BCUT2D eigenvalue weighted by Crippen LogP contribution is 2.23. The van der Waals surface area contributed by atoms with Gasteiger partial charge >= 0.3 is 0 Å². The number of nitrogens with zero attached hydrogens (tertiary/aromatic N) is 1. The van der Waals surface area contributed by atoms with E-state index in [1.807, 2.05) is 32.0 Å². The molecule has 0 aliphatic carbocycles. The van der Waals surface area contributed by atoms with Gasteiger partial charge in [0.25, 0.3) is 0 Å². The van der Waals surface area contributed by atoms with Gasteiger partial charge in [-0.25, -0.2) is 4.39 Å². The number of benzene rings is 1. The van der Waals surface area contributed by atoms with Crippen molar-refractivity contribution in [1.82, 2.24) is 4.98 Å². The molecule has 76 valence electrons. The van der Waals surface area contributed by atoms with E-state index in [9.17, 15) is 4.39 Å². The molecule has 15 heavy (non-hydrogen) atoms. The van der Waals surface area contributed by atoms with Crippen LogP contribution in [-0.2, 0) is 0 Å². The zero-order chi connectivity index (χ0) is 10.8. The van der Waals surface area contributed by atoms with Crippen molar-refractivity contribution in [3.05, 3.63) is 53.6 Å². The quantitative estimate of drug-likeness (QED) is 0.688. The molecular weight excluding hydrogens is 189 g/mol. The van der Waals surface area contributed by atoms with Gasteiger partial charge in [0.1, 0.15) is 5.82 Å². The lowest BCUT2D eigenvalue weighted by molar-refractivity contribution is 0.630. The molecule has 0 N–H and O–H groups in total. The van der Waals surface area contributed by atoms with Crippen molar-refractivity contribution in [3.63, 3.8) is 0 Å². The topological polar surface area (TPSA) is 12.9 Å². The van der Waals surface area contributed by atoms with Crippen LogP contribution in [0.15, 0.2) is 36.5 Å². The molecule has 1 aromatic heterocycles. The Balaban J connectivity index is 2.54. The van der Waals surface area contributed by atoms with E-state index >= 15 is 0 Å². The first-order valence-corrected chi connectivity index (χ1v) is 4.86. The summed E-state index contributed by atoms with van der Waals surface area (Å²) in [6, 6.07) is 8.97. The molecule has 1 aromatic carbocycles. The molecule has 0 saturated carbocycles. The van der Waals surface area contributed by atoms with Crippen LogP contribution < -0.4 is 0 Å². The second-order valence-electron chi connectivity index (χ2n) is 3.67. The van der Waals surface area contributed by atoms with E-state index < -0.39 is 0 Å². The Bertz CT molecular complexity index is 492. The second-order valence-corrected chi connectivity index (χ2v) is 3.67. The molecule has 0 saturated heterocycles. The summed E-state index contributed by atoms with van der Waals surface area (Å²) in [6.07, 6.45) is 1.70. The SMILES string of the molecule is Cc1ccc(-c2ccnc(C)c2)c(F)c1. The summed E-state index contributed by atoms with van der Waals surface area (Å²) in [7, 11) is 0.